The van der Waals surface area contributed by atoms with Gasteiger partial charge in [-0.2, -0.15) is 0 Å². The van der Waals surface area contributed by atoms with Crippen LogP contribution in [0.3, 0.4) is 0 Å². The molecule has 1 aliphatic heterocycles. The fourth-order valence-electron chi connectivity index (χ4n) is 3.66. The van der Waals surface area contributed by atoms with Gasteiger partial charge in [0.1, 0.15) is 12.3 Å². The Balaban J connectivity index is 1.67. The van der Waals surface area contributed by atoms with E-state index in [9.17, 15) is 14.4 Å². The van der Waals surface area contributed by atoms with Gasteiger partial charge in [0.2, 0.25) is 11.8 Å². The molecule has 2 fully saturated rings. The molecular formula is C18H25N3O4. The summed E-state index contributed by atoms with van der Waals surface area (Å²) in [7, 11) is 0. The van der Waals surface area contributed by atoms with Crippen molar-refractivity contribution in [1.82, 2.24) is 15.5 Å². The van der Waals surface area contributed by atoms with Crippen LogP contribution < -0.4 is 10.6 Å². The Morgan fingerprint density at radius 2 is 2.16 bits per heavy atom. The topological polar surface area (TPSA) is 91.7 Å². The van der Waals surface area contributed by atoms with Crippen LogP contribution >= 0.6 is 0 Å². The highest BCUT2D eigenvalue weighted by molar-refractivity contribution is 5.94. The highest BCUT2D eigenvalue weighted by atomic mass is 16.3. The van der Waals surface area contributed by atoms with Crippen LogP contribution in [0.2, 0.25) is 0 Å². The van der Waals surface area contributed by atoms with Crippen LogP contribution in [0, 0.1) is 5.41 Å². The van der Waals surface area contributed by atoms with Gasteiger partial charge in [-0.15, -0.1) is 0 Å². The summed E-state index contributed by atoms with van der Waals surface area (Å²) in [4.78, 5) is 38.2. The zero-order valence-corrected chi connectivity index (χ0v) is 14.7. The average Bonchev–Trinajstić information content (AvgIpc) is 3.09. The van der Waals surface area contributed by atoms with Crippen LogP contribution in [-0.2, 0) is 9.59 Å². The van der Waals surface area contributed by atoms with Crippen LogP contribution in [0.1, 0.15) is 49.9 Å². The molecule has 2 N–H and O–H groups in total. The van der Waals surface area contributed by atoms with E-state index in [2.05, 4.69) is 10.6 Å². The van der Waals surface area contributed by atoms with E-state index in [1.807, 2.05) is 6.92 Å². The van der Waals surface area contributed by atoms with Crippen molar-refractivity contribution in [2.75, 3.05) is 13.1 Å². The van der Waals surface area contributed by atoms with E-state index in [0.717, 1.165) is 19.3 Å². The minimum Gasteiger partial charge on any atom is -0.472 e. The summed E-state index contributed by atoms with van der Waals surface area (Å²) in [5, 5.41) is 5.74. The summed E-state index contributed by atoms with van der Waals surface area (Å²) >= 11 is 0. The van der Waals surface area contributed by atoms with Gasteiger partial charge in [-0.25, -0.2) is 0 Å². The molecule has 7 nitrogen and oxygen atoms in total. The van der Waals surface area contributed by atoms with E-state index in [4.69, 9.17) is 4.42 Å². The van der Waals surface area contributed by atoms with Crippen LogP contribution in [0.4, 0.5) is 0 Å². The first kappa shape index (κ1) is 17.5. The van der Waals surface area contributed by atoms with Crippen molar-refractivity contribution in [2.45, 2.75) is 51.6 Å². The number of nitrogens with one attached hydrogen (secondary N) is 2. The van der Waals surface area contributed by atoms with Gasteiger partial charge in [0.15, 0.2) is 0 Å². The van der Waals surface area contributed by atoms with Crippen molar-refractivity contribution < 1.29 is 18.8 Å². The normalized spacial score (nSPS) is 22.3. The Kier molecular flexibility index (Phi) is 4.83. The highest BCUT2D eigenvalue weighted by Crippen LogP contribution is 2.52. The minimum atomic E-state index is -0.503. The number of amides is 3. The smallest absolute Gasteiger partial charge is 0.254 e. The standard InChI is InChI=1S/C18H25N3O4/c1-3-15(19-12(2)22)17(24)21-9-14(8-18(11-21)5-6-18)20-16(23)13-4-7-25-10-13/h4,7,10,14-15H,3,5-6,8-9,11H2,1-2H3,(H,19,22)(H,20,23). The molecule has 1 aliphatic carbocycles. The van der Waals surface area contributed by atoms with E-state index in [-0.39, 0.29) is 29.2 Å². The van der Waals surface area contributed by atoms with Crippen molar-refractivity contribution in [2.24, 2.45) is 5.41 Å². The van der Waals surface area contributed by atoms with Crippen LogP contribution in [-0.4, -0.2) is 47.8 Å². The number of piperidine rings is 1. The number of hydrogen-bond acceptors (Lipinski definition) is 4. The number of carbonyl (C=O) groups is 3. The lowest BCUT2D eigenvalue weighted by atomic mass is 9.90. The monoisotopic (exact) mass is 347 g/mol. The molecule has 1 aromatic rings. The van der Waals surface area contributed by atoms with Gasteiger partial charge in [0.25, 0.3) is 5.91 Å². The molecule has 2 heterocycles. The molecule has 1 saturated carbocycles. The maximum absolute atomic E-state index is 12.8. The zero-order chi connectivity index (χ0) is 18.0. The van der Waals surface area contributed by atoms with E-state index in [1.54, 1.807) is 11.0 Å². The van der Waals surface area contributed by atoms with Crippen molar-refractivity contribution in [3.8, 4) is 0 Å². The van der Waals surface area contributed by atoms with Crippen LogP contribution in [0.15, 0.2) is 23.0 Å². The molecule has 3 rings (SSSR count). The molecule has 2 atom stereocenters. The number of rotatable bonds is 5. The summed E-state index contributed by atoms with van der Waals surface area (Å²) in [6.07, 6.45) is 6.47. The quantitative estimate of drug-likeness (QED) is 0.840. The Bertz CT molecular complexity index is 651. The van der Waals surface area contributed by atoms with Crippen molar-refractivity contribution >= 4 is 17.7 Å². The maximum Gasteiger partial charge on any atom is 0.254 e. The maximum atomic E-state index is 12.8. The molecule has 7 heteroatoms. The van der Waals surface area contributed by atoms with Crippen molar-refractivity contribution in [3.63, 3.8) is 0 Å². The number of likely N-dealkylation sites (tertiary alicyclic amines) is 1. The molecule has 136 valence electrons. The summed E-state index contributed by atoms with van der Waals surface area (Å²) in [5.41, 5.74) is 0.606. The molecular weight excluding hydrogens is 322 g/mol. The lowest BCUT2D eigenvalue weighted by molar-refractivity contribution is -0.138. The third-order valence-corrected chi connectivity index (χ3v) is 5.12. The predicted octanol–water partition coefficient (Wildman–Crippen LogP) is 1.31. The molecule has 25 heavy (non-hydrogen) atoms. The van der Waals surface area contributed by atoms with Crippen molar-refractivity contribution in [3.05, 3.63) is 24.2 Å². The lowest BCUT2D eigenvalue weighted by Crippen LogP contribution is -2.57. The van der Waals surface area contributed by atoms with E-state index in [0.29, 0.717) is 25.1 Å². The van der Waals surface area contributed by atoms with Gasteiger partial charge in [-0.1, -0.05) is 6.92 Å². The van der Waals surface area contributed by atoms with Gasteiger partial charge < -0.3 is 20.0 Å². The highest BCUT2D eigenvalue weighted by Gasteiger charge is 2.50. The fourth-order valence-corrected chi connectivity index (χ4v) is 3.66. The van der Waals surface area contributed by atoms with Crippen LogP contribution in [0.25, 0.3) is 0 Å². The van der Waals surface area contributed by atoms with Gasteiger partial charge in [0.05, 0.1) is 11.8 Å². The molecule has 2 unspecified atom stereocenters. The first-order valence-electron chi connectivity index (χ1n) is 8.81. The number of furan rings is 1. The molecule has 0 aromatic carbocycles. The van der Waals surface area contributed by atoms with E-state index < -0.39 is 6.04 Å². The lowest BCUT2D eigenvalue weighted by Gasteiger charge is -2.40. The fraction of sp³-hybridized carbons (Fsp3) is 0.611. The minimum absolute atomic E-state index is 0.0637. The molecule has 1 spiro atoms. The van der Waals surface area contributed by atoms with Crippen molar-refractivity contribution in [1.29, 1.82) is 0 Å². The Hall–Kier alpha value is -2.31. The zero-order valence-electron chi connectivity index (χ0n) is 14.7. The SMILES string of the molecule is CCC(NC(C)=O)C(=O)N1CC(NC(=O)c2ccoc2)CC2(CC2)C1. The number of hydrogen-bond donors (Lipinski definition) is 2. The molecule has 0 radical (unpaired) electrons. The average molecular weight is 347 g/mol. The Labute approximate surface area is 147 Å². The second-order valence-corrected chi connectivity index (χ2v) is 7.27. The van der Waals surface area contributed by atoms with Gasteiger partial charge in [-0.05, 0) is 37.2 Å². The van der Waals surface area contributed by atoms with Crippen LogP contribution in [0.5, 0.6) is 0 Å². The second-order valence-electron chi connectivity index (χ2n) is 7.27. The molecule has 1 aromatic heterocycles. The summed E-state index contributed by atoms with van der Waals surface area (Å²) in [6, 6.07) is 1.03. The molecule has 2 aliphatic rings. The third kappa shape index (κ3) is 4.03. The summed E-state index contributed by atoms with van der Waals surface area (Å²) < 4.78 is 4.95. The first-order valence-corrected chi connectivity index (χ1v) is 8.81. The Morgan fingerprint density at radius 1 is 1.40 bits per heavy atom. The number of carbonyl (C=O) groups excluding carboxylic acids is 3. The largest absolute Gasteiger partial charge is 0.472 e. The van der Waals surface area contributed by atoms with E-state index in [1.165, 1.54) is 19.5 Å². The van der Waals surface area contributed by atoms with E-state index >= 15 is 0 Å². The number of nitrogens with zero attached hydrogens (tertiary/aromatic N) is 1. The molecule has 1 saturated heterocycles. The summed E-state index contributed by atoms with van der Waals surface area (Å²) in [6.45, 7) is 4.48. The predicted molar refractivity (Wildman–Crippen MR) is 90.7 cm³/mol. The Morgan fingerprint density at radius 3 is 2.72 bits per heavy atom. The second kappa shape index (κ2) is 6.90. The molecule has 3 amide bonds. The third-order valence-electron chi connectivity index (χ3n) is 5.12. The first-order chi connectivity index (χ1) is 11.9. The van der Waals surface area contributed by atoms with Gasteiger partial charge in [-0.3, -0.25) is 14.4 Å². The van der Waals surface area contributed by atoms with Gasteiger partial charge in [0, 0.05) is 26.1 Å². The summed E-state index contributed by atoms with van der Waals surface area (Å²) in [5.74, 6) is -0.452. The molecule has 0 bridgehead atoms. The van der Waals surface area contributed by atoms with Gasteiger partial charge >= 0.3 is 0 Å².